The van der Waals surface area contributed by atoms with Gasteiger partial charge in [-0.15, -0.1) is 12.4 Å². The Bertz CT molecular complexity index is 305. The van der Waals surface area contributed by atoms with Crippen molar-refractivity contribution in [2.24, 2.45) is 0 Å². The Hall–Kier alpha value is -0.530. The minimum absolute atomic E-state index is 0. The fourth-order valence-corrected chi connectivity index (χ4v) is 2.37. The SMILES string of the molecule is Cc1ccccc1CNC1CCCCC1.Cl. The molecule has 1 saturated carbocycles. The topological polar surface area (TPSA) is 12.0 Å². The van der Waals surface area contributed by atoms with Gasteiger partial charge in [-0.3, -0.25) is 0 Å². The molecule has 1 nitrogen and oxygen atoms in total. The first kappa shape index (κ1) is 13.5. The maximum atomic E-state index is 3.68. The van der Waals surface area contributed by atoms with Gasteiger partial charge in [0.1, 0.15) is 0 Å². The minimum atomic E-state index is 0. The van der Waals surface area contributed by atoms with Crippen LogP contribution in [-0.2, 0) is 6.54 Å². The van der Waals surface area contributed by atoms with Gasteiger partial charge in [-0.25, -0.2) is 0 Å². The number of aryl methyl sites for hydroxylation is 1. The number of nitrogens with one attached hydrogen (secondary N) is 1. The fourth-order valence-electron chi connectivity index (χ4n) is 2.37. The zero-order chi connectivity index (χ0) is 10.5. The lowest BCUT2D eigenvalue weighted by Crippen LogP contribution is -2.30. The third-order valence-corrected chi connectivity index (χ3v) is 3.45. The van der Waals surface area contributed by atoms with Crippen LogP contribution in [0.2, 0.25) is 0 Å². The molecule has 2 rings (SSSR count). The van der Waals surface area contributed by atoms with E-state index in [1.165, 1.54) is 43.2 Å². The summed E-state index contributed by atoms with van der Waals surface area (Å²) < 4.78 is 0. The number of benzene rings is 1. The first-order valence-corrected chi connectivity index (χ1v) is 6.14. The molecule has 0 saturated heterocycles. The van der Waals surface area contributed by atoms with Gasteiger partial charge in [0, 0.05) is 12.6 Å². The second-order valence-electron chi connectivity index (χ2n) is 4.64. The zero-order valence-corrected chi connectivity index (χ0v) is 10.9. The Balaban J connectivity index is 0.00000128. The highest BCUT2D eigenvalue weighted by atomic mass is 35.5. The number of rotatable bonds is 3. The molecule has 0 unspecified atom stereocenters. The third kappa shape index (κ3) is 3.80. The molecule has 1 fully saturated rings. The van der Waals surface area contributed by atoms with Crippen molar-refractivity contribution in [1.29, 1.82) is 0 Å². The molecule has 0 amide bonds. The molecule has 0 bridgehead atoms. The summed E-state index contributed by atoms with van der Waals surface area (Å²) in [5.74, 6) is 0. The third-order valence-electron chi connectivity index (χ3n) is 3.45. The second kappa shape index (κ2) is 6.93. The average Bonchev–Trinajstić information content (AvgIpc) is 2.29. The van der Waals surface area contributed by atoms with Crippen LogP contribution in [0.15, 0.2) is 24.3 Å². The molecule has 1 aliphatic carbocycles. The summed E-state index contributed by atoms with van der Waals surface area (Å²) in [6.45, 7) is 3.23. The van der Waals surface area contributed by atoms with Crippen LogP contribution in [0.4, 0.5) is 0 Å². The monoisotopic (exact) mass is 239 g/mol. The molecule has 1 aromatic rings. The molecule has 90 valence electrons. The number of halogens is 1. The standard InChI is InChI=1S/C14H21N.ClH/c1-12-7-5-6-8-13(12)11-15-14-9-3-2-4-10-14;/h5-8,14-15H,2-4,9-11H2,1H3;1H. The van der Waals surface area contributed by atoms with Crippen molar-refractivity contribution < 1.29 is 0 Å². The van der Waals surface area contributed by atoms with E-state index >= 15 is 0 Å². The van der Waals surface area contributed by atoms with Gasteiger partial charge >= 0.3 is 0 Å². The lowest BCUT2D eigenvalue weighted by atomic mass is 9.95. The summed E-state index contributed by atoms with van der Waals surface area (Å²) in [6, 6.07) is 9.42. The summed E-state index contributed by atoms with van der Waals surface area (Å²) in [5, 5.41) is 3.68. The van der Waals surface area contributed by atoms with E-state index in [4.69, 9.17) is 0 Å². The first-order chi connectivity index (χ1) is 7.36. The summed E-state index contributed by atoms with van der Waals surface area (Å²) >= 11 is 0. The Morgan fingerprint density at radius 3 is 2.50 bits per heavy atom. The van der Waals surface area contributed by atoms with Crippen LogP contribution in [0.25, 0.3) is 0 Å². The first-order valence-electron chi connectivity index (χ1n) is 6.14. The van der Waals surface area contributed by atoms with Crippen LogP contribution >= 0.6 is 12.4 Å². The van der Waals surface area contributed by atoms with Crippen LogP contribution < -0.4 is 5.32 Å². The molecule has 1 N–H and O–H groups in total. The van der Waals surface area contributed by atoms with E-state index in [0.717, 1.165) is 12.6 Å². The van der Waals surface area contributed by atoms with E-state index in [1.807, 2.05) is 0 Å². The zero-order valence-electron chi connectivity index (χ0n) is 10.0. The van der Waals surface area contributed by atoms with Crippen molar-refractivity contribution in [2.75, 3.05) is 0 Å². The van der Waals surface area contributed by atoms with Crippen LogP contribution in [0, 0.1) is 6.92 Å². The Kier molecular flexibility index (Phi) is 5.86. The molecular formula is C14H22ClN. The van der Waals surface area contributed by atoms with Crippen molar-refractivity contribution in [1.82, 2.24) is 5.32 Å². The maximum Gasteiger partial charge on any atom is 0.0210 e. The van der Waals surface area contributed by atoms with Crippen molar-refractivity contribution in [2.45, 2.75) is 51.6 Å². The predicted molar refractivity (Wildman–Crippen MR) is 72.1 cm³/mol. The molecule has 0 heterocycles. The lowest BCUT2D eigenvalue weighted by molar-refractivity contribution is 0.372. The normalized spacial score (nSPS) is 16.8. The molecule has 0 aromatic heterocycles. The Morgan fingerprint density at radius 2 is 1.81 bits per heavy atom. The van der Waals surface area contributed by atoms with Crippen molar-refractivity contribution in [3.63, 3.8) is 0 Å². The van der Waals surface area contributed by atoms with Gasteiger partial charge in [-0.1, -0.05) is 43.5 Å². The fraction of sp³-hybridized carbons (Fsp3) is 0.571. The van der Waals surface area contributed by atoms with Crippen LogP contribution in [0.5, 0.6) is 0 Å². The van der Waals surface area contributed by atoms with Crippen LogP contribution in [-0.4, -0.2) is 6.04 Å². The van der Waals surface area contributed by atoms with Gasteiger partial charge in [0.2, 0.25) is 0 Å². The van der Waals surface area contributed by atoms with Crippen molar-refractivity contribution in [3.8, 4) is 0 Å². The molecule has 0 spiro atoms. The van der Waals surface area contributed by atoms with E-state index in [9.17, 15) is 0 Å². The van der Waals surface area contributed by atoms with E-state index in [2.05, 4.69) is 36.5 Å². The second-order valence-corrected chi connectivity index (χ2v) is 4.64. The highest BCUT2D eigenvalue weighted by molar-refractivity contribution is 5.85. The summed E-state index contributed by atoms with van der Waals surface area (Å²) in [7, 11) is 0. The Morgan fingerprint density at radius 1 is 1.12 bits per heavy atom. The van der Waals surface area contributed by atoms with E-state index in [-0.39, 0.29) is 12.4 Å². The van der Waals surface area contributed by atoms with Gasteiger partial charge in [0.25, 0.3) is 0 Å². The molecule has 1 aromatic carbocycles. The minimum Gasteiger partial charge on any atom is -0.310 e. The lowest BCUT2D eigenvalue weighted by Gasteiger charge is -2.23. The predicted octanol–water partition coefficient (Wildman–Crippen LogP) is 3.84. The number of hydrogen-bond acceptors (Lipinski definition) is 1. The average molecular weight is 240 g/mol. The largest absolute Gasteiger partial charge is 0.310 e. The molecule has 0 atom stereocenters. The van der Waals surface area contributed by atoms with Gasteiger partial charge in [-0.2, -0.15) is 0 Å². The quantitative estimate of drug-likeness (QED) is 0.845. The smallest absolute Gasteiger partial charge is 0.0210 e. The van der Waals surface area contributed by atoms with Crippen LogP contribution in [0.3, 0.4) is 0 Å². The molecule has 0 radical (unpaired) electrons. The highest BCUT2D eigenvalue weighted by Gasteiger charge is 2.12. The van der Waals surface area contributed by atoms with E-state index < -0.39 is 0 Å². The van der Waals surface area contributed by atoms with E-state index in [1.54, 1.807) is 0 Å². The molecule has 1 aliphatic rings. The van der Waals surface area contributed by atoms with E-state index in [0.29, 0.717) is 0 Å². The molecular weight excluding hydrogens is 218 g/mol. The van der Waals surface area contributed by atoms with Crippen molar-refractivity contribution >= 4 is 12.4 Å². The summed E-state index contributed by atoms with van der Waals surface area (Å²) in [5.41, 5.74) is 2.85. The maximum absolute atomic E-state index is 3.68. The van der Waals surface area contributed by atoms with Gasteiger partial charge in [0.15, 0.2) is 0 Å². The number of hydrogen-bond donors (Lipinski definition) is 1. The van der Waals surface area contributed by atoms with Crippen molar-refractivity contribution in [3.05, 3.63) is 35.4 Å². The summed E-state index contributed by atoms with van der Waals surface area (Å²) in [6.07, 6.45) is 6.98. The van der Waals surface area contributed by atoms with Gasteiger partial charge < -0.3 is 5.32 Å². The summed E-state index contributed by atoms with van der Waals surface area (Å²) in [4.78, 5) is 0. The molecule has 2 heteroatoms. The van der Waals surface area contributed by atoms with Crippen LogP contribution in [0.1, 0.15) is 43.2 Å². The van der Waals surface area contributed by atoms with Gasteiger partial charge in [-0.05, 0) is 30.9 Å². The van der Waals surface area contributed by atoms with Gasteiger partial charge in [0.05, 0.1) is 0 Å². The Labute approximate surface area is 105 Å². The molecule has 16 heavy (non-hydrogen) atoms. The highest BCUT2D eigenvalue weighted by Crippen LogP contribution is 2.18. The molecule has 0 aliphatic heterocycles.